The number of thioether (sulfide) groups is 1. The summed E-state index contributed by atoms with van der Waals surface area (Å²) in [6, 6.07) is 2.35. The molecule has 0 aromatic carbocycles. The van der Waals surface area contributed by atoms with Crippen molar-refractivity contribution in [1.82, 2.24) is 15.3 Å². The fraction of sp³-hybridized carbons (Fsp3) is 0.579. The molecule has 0 saturated heterocycles. The van der Waals surface area contributed by atoms with Crippen LogP contribution >= 0.6 is 23.1 Å². The molecule has 2 aromatic heterocycles. The number of nitriles is 1. The van der Waals surface area contributed by atoms with Gasteiger partial charge in [0.1, 0.15) is 21.2 Å². The van der Waals surface area contributed by atoms with E-state index in [1.54, 1.807) is 11.3 Å². The van der Waals surface area contributed by atoms with Gasteiger partial charge in [-0.2, -0.15) is 5.26 Å². The number of amides is 1. The van der Waals surface area contributed by atoms with Gasteiger partial charge >= 0.3 is 0 Å². The monoisotopic (exact) mass is 388 g/mol. The molecule has 0 unspecified atom stereocenters. The molecular formula is C19H24N4OS2. The van der Waals surface area contributed by atoms with Crippen LogP contribution in [0.15, 0.2) is 5.03 Å². The molecule has 1 amide bonds. The number of hydrogen-bond donors (Lipinski definition) is 1. The topological polar surface area (TPSA) is 78.7 Å². The van der Waals surface area contributed by atoms with E-state index in [0.29, 0.717) is 0 Å². The lowest BCUT2D eigenvalue weighted by atomic mass is 9.83. The quantitative estimate of drug-likeness (QED) is 0.619. The van der Waals surface area contributed by atoms with Gasteiger partial charge in [-0.15, -0.1) is 11.3 Å². The SMILES string of the molecule is Cc1nc(S[C@@H](C)C(=O)NC2(C#N)CCCCC2)c2c(C)c(C)sc2n1. The summed E-state index contributed by atoms with van der Waals surface area (Å²) in [6.45, 7) is 7.92. The highest BCUT2D eigenvalue weighted by Crippen LogP contribution is 2.37. The Bertz CT molecular complexity index is 878. The van der Waals surface area contributed by atoms with E-state index in [9.17, 15) is 10.1 Å². The van der Waals surface area contributed by atoms with Gasteiger partial charge < -0.3 is 5.32 Å². The molecule has 2 aromatic rings. The molecule has 3 rings (SSSR count). The van der Waals surface area contributed by atoms with Gasteiger partial charge in [-0.05, 0) is 46.1 Å². The molecule has 1 fully saturated rings. The minimum absolute atomic E-state index is 0.0903. The molecule has 5 nitrogen and oxygen atoms in total. The summed E-state index contributed by atoms with van der Waals surface area (Å²) in [5, 5.41) is 14.2. The molecule has 1 N–H and O–H groups in total. The predicted octanol–water partition coefficient (Wildman–Crippen LogP) is 4.44. The normalized spacial score (nSPS) is 17.7. The number of carbonyl (C=O) groups is 1. The fourth-order valence-corrected chi connectivity index (χ4v) is 5.57. The van der Waals surface area contributed by atoms with Crippen molar-refractivity contribution in [3.8, 4) is 6.07 Å². The number of nitrogens with zero attached hydrogens (tertiary/aromatic N) is 3. The average molecular weight is 389 g/mol. The lowest BCUT2D eigenvalue weighted by molar-refractivity contribution is -0.121. The highest BCUT2D eigenvalue weighted by Gasteiger charge is 2.35. The van der Waals surface area contributed by atoms with E-state index >= 15 is 0 Å². The standard InChI is InChI=1S/C19H24N4OS2/c1-11-12(2)25-17-15(11)18(22-14(4)21-17)26-13(3)16(24)23-19(10-20)8-6-5-7-9-19/h13H,5-9H2,1-4H3,(H,23,24)/t13-/m0/s1. The highest BCUT2D eigenvalue weighted by molar-refractivity contribution is 8.00. The van der Waals surface area contributed by atoms with Crippen LogP contribution in [-0.2, 0) is 4.79 Å². The van der Waals surface area contributed by atoms with Crippen molar-refractivity contribution in [1.29, 1.82) is 5.26 Å². The molecule has 7 heteroatoms. The van der Waals surface area contributed by atoms with Gasteiger partial charge in [-0.3, -0.25) is 4.79 Å². The first-order chi connectivity index (χ1) is 12.3. The molecule has 138 valence electrons. The van der Waals surface area contributed by atoms with Crippen LogP contribution in [0.3, 0.4) is 0 Å². The van der Waals surface area contributed by atoms with Crippen molar-refractivity contribution < 1.29 is 4.79 Å². The van der Waals surface area contributed by atoms with E-state index < -0.39 is 5.54 Å². The lowest BCUT2D eigenvalue weighted by Gasteiger charge is -2.32. The van der Waals surface area contributed by atoms with Gasteiger partial charge in [0, 0.05) is 10.3 Å². The third kappa shape index (κ3) is 3.72. The second-order valence-electron chi connectivity index (χ2n) is 7.04. The molecule has 1 saturated carbocycles. The van der Waals surface area contributed by atoms with Crippen LogP contribution in [0.4, 0.5) is 0 Å². The number of fused-ring (bicyclic) bond motifs is 1. The van der Waals surface area contributed by atoms with Gasteiger partial charge in [-0.25, -0.2) is 9.97 Å². The molecule has 1 aliphatic carbocycles. The Kier molecular flexibility index (Phi) is 5.54. The minimum atomic E-state index is -0.698. The summed E-state index contributed by atoms with van der Waals surface area (Å²) in [6.07, 6.45) is 4.61. The first-order valence-corrected chi connectivity index (χ1v) is 10.7. The van der Waals surface area contributed by atoms with E-state index in [0.717, 1.165) is 53.2 Å². The molecule has 0 bridgehead atoms. The van der Waals surface area contributed by atoms with Gasteiger partial charge in [0.25, 0.3) is 0 Å². The number of thiophene rings is 1. The summed E-state index contributed by atoms with van der Waals surface area (Å²) < 4.78 is 0. The first kappa shape index (κ1) is 19.1. The van der Waals surface area contributed by atoms with Crippen LogP contribution in [0.5, 0.6) is 0 Å². The molecule has 0 radical (unpaired) electrons. The average Bonchev–Trinajstić information content (AvgIpc) is 2.89. The number of nitrogens with one attached hydrogen (secondary N) is 1. The second-order valence-corrected chi connectivity index (χ2v) is 9.58. The molecular weight excluding hydrogens is 364 g/mol. The molecule has 26 heavy (non-hydrogen) atoms. The van der Waals surface area contributed by atoms with Gasteiger partial charge in [0.15, 0.2) is 0 Å². The maximum Gasteiger partial charge on any atom is 0.234 e. The summed E-state index contributed by atoms with van der Waals surface area (Å²) >= 11 is 3.12. The zero-order chi connectivity index (χ0) is 18.9. The first-order valence-electron chi connectivity index (χ1n) is 8.99. The Morgan fingerprint density at radius 2 is 1.96 bits per heavy atom. The molecule has 0 spiro atoms. The van der Waals surface area contributed by atoms with Crippen LogP contribution in [0.2, 0.25) is 0 Å². The number of rotatable bonds is 4. The third-order valence-electron chi connectivity index (χ3n) is 5.05. The van der Waals surface area contributed by atoms with Crippen molar-refractivity contribution in [2.75, 3.05) is 0 Å². The zero-order valence-corrected chi connectivity index (χ0v) is 17.3. The van der Waals surface area contributed by atoms with Crippen molar-refractivity contribution >= 4 is 39.2 Å². The van der Waals surface area contributed by atoms with Crippen LogP contribution in [-0.4, -0.2) is 26.7 Å². The minimum Gasteiger partial charge on any atom is -0.337 e. The van der Waals surface area contributed by atoms with Crippen LogP contribution in [0.25, 0.3) is 10.2 Å². The van der Waals surface area contributed by atoms with Crippen LogP contribution in [0.1, 0.15) is 55.3 Å². The van der Waals surface area contributed by atoms with E-state index in [1.165, 1.54) is 22.2 Å². The Morgan fingerprint density at radius 1 is 1.27 bits per heavy atom. The lowest BCUT2D eigenvalue weighted by Crippen LogP contribution is -2.50. The van der Waals surface area contributed by atoms with Crippen molar-refractivity contribution in [2.24, 2.45) is 0 Å². The zero-order valence-electron chi connectivity index (χ0n) is 15.7. The molecule has 0 aliphatic heterocycles. The van der Waals surface area contributed by atoms with Crippen molar-refractivity contribution in [2.45, 2.75) is 75.6 Å². The van der Waals surface area contributed by atoms with E-state index in [1.807, 2.05) is 13.8 Å². The Morgan fingerprint density at radius 3 is 2.62 bits per heavy atom. The van der Waals surface area contributed by atoms with E-state index in [2.05, 4.69) is 35.2 Å². The smallest absolute Gasteiger partial charge is 0.234 e. The highest BCUT2D eigenvalue weighted by atomic mass is 32.2. The summed E-state index contributed by atoms with van der Waals surface area (Å²) in [4.78, 5) is 24.1. The number of aryl methyl sites for hydroxylation is 3. The van der Waals surface area contributed by atoms with Crippen molar-refractivity contribution in [3.05, 3.63) is 16.3 Å². The van der Waals surface area contributed by atoms with Gasteiger partial charge in [0.05, 0.1) is 11.3 Å². The maximum absolute atomic E-state index is 12.8. The number of carbonyl (C=O) groups excluding carboxylic acids is 1. The largest absolute Gasteiger partial charge is 0.337 e. The molecule has 1 aliphatic rings. The summed E-state index contributed by atoms with van der Waals surface area (Å²) in [5.74, 6) is 0.627. The summed E-state index contributed by atoms with van der Waals surface area (Å²) in [7, 11) is 0. The van der Waals surface area contributed by atoms with Gasteiger partial charge in [0.2, 0.25) is 5.91 Å². The predicted molar refractivity (Wildman–Crippen MR) is 107 cm³/mol. The van der Waals surface area contributed by atoms with Crippen molar-refractivity contribution in [3.63, 3.8) is 0 Å². The molecule has 1 atom stereocenters. The summed E-state index contributed by atoms with van der Waals surface area (Å²) in [5.41, 5.74) is 0.483. The molecule has 2 heterocycles. The Hall–Kier alpha value is -1.65. The fourth-order valence-electron chi connectivity index (χ4n) is 3.38. The Labute approximate surface area is 162 Å². The van der Waals surface area contributed by atoms with Crippen LogP contribution in [0, 0.1) is 32.1 Å². The third-order valence-corrected chi connectivity index (χ3v) is 7.24. The number of hydrogen-bond acceptors (Lipinski definition) is 6. The maximum atomic E-state index is 12.8. The second kappa shape index (κ2) is 7.53. The van der Waals surface area contributed by atoms with E-state index in [4.69, 9.17) is 0 Å². The van der Waals surface area contributed by atoms with Gasteiger partial charge in [-0.1, -0.05) is 31.0 Å². The van der Waals surface area contributed by atoms with E-state index in [-0.39, 0.29) is 11.2 Å². The Balaban J connectivity index is 1.81. The number of aromatic nitrogens is 2. The van der Waals surface area contributed by atoms with Crippen LogP contribution < -0.4 is 5.32 Å².